The smallest absolute Gasteiger partial charge is 0.328 e. The number of rotatable bonds is 2. The molecule has 0 aromatic heterocycles. The highest BCUT2D eigenvalue weighted by Crippen LogP contribution is 2.29. The number of likely N-dealkylation sites (N-methyl/N-ethyl adjacent to an activating group) is 1. The van der Waals surface area contributed by atoms with Crippen molar-refractivity contribution in [1.82, 2.24) is 4.90 Å². The highest BCUT2D eigenvalue weighted by Gasteiger charge is 2.41. The number of amides is 2. The van der Waals surface area contributed by atoms with Gasteiger partial charge in [-0.3, -0.25) is 4.90 Å². The number of carboxylic acids is 1. The molecule has 1 aliphatic rings. The number of carbonyl (C=O) groups is 2. The van der Waals surface area contributed by atoms with Gasteiger partial charge in [-0.2, -0.15) is 0 Å². The number of nitrogens with zero attached hydrogens (tertiary/aromatic N) is 2. The maximum Gasteiger partial charge on any atom is 0.328 e. The van der Waals surface area contributed by atoms with Crippen molar-refractivity contribution in [3.63, 3.8) is 0 Å². The average Bonchev–Trinajstić information content (AvgIpc) is 2.57. The molecule has 0 aliphatic carbocycles. The second kappa shape index (κ2) is 4.49. The molecule has 5 nitrogen and oxygen atoms in total. The lowest BCUT2D eigenvalue weighted by atomic mass is 10.1. The van der Waals surface area contributed by atoms with Gasteiger partial charge < -0.3 is 10.0 Å². The lowest BCUT2D eigenvalue weighted by Gasteiger charge is -2.22. The Bertz CT molecular complexity index is 518. The first-order valence-electron chi connectivity index (χ1n) is 5.45. The van der Waals surface area contributed by atoms with Gasteiger partial charge in [-0.15, -0.1) is 0 Å². The molecule has 1 fully saturated rings. The Kier molecular flexibility index (Phi) is 3.17. The summed E-state index contributed by atoms with van der Waals surface area (Å²) >= 11 is 5.86. The van der Waals surface area contributed by atoms with E-state index in [9.17, 15) is 14.7 Å². The summed E-state index contributed by atoms with van der Waals surface area (Å²) in [7, 11) is 1.59. The highest BCUT2D eigenvalue weighted by atomic mass is 35.5. The predicted octanol–water partition coefficient (Wildman–Crippen LogP) is 1.97. The van der Waals surface area contributed by atoms with E-state index in [1.54, 1.807) is 32.2 Å². The Morgan fingerprint density at radius 2 is 2.17 bits per heavy atom. The number of aryl methyl sites for hydroxylation is 1. The van der Waals surface area contributed by atoms with E-state index in [1.807, 2.05) is 0 Å². The van der Waals surface area contributed by atoms with Crippen molar-refractivity contribution in [2.45, 2.75) is 13.0 Å². The van der Waals surface area contributed by atoms with Gasteiger partial charge in [-0.05, 0) is 30.7 Å². The van der Waals surface area contributed by atoms with Crippen LogP contribution >= 0.6 is 11.6 Å². The van der Waals surface area contributed by atoms with E-state index in [0.717, 1.165) is 5.56 Å². The molecule has 18 heavy (non-hydrogen) atoms. The quantitative estimate of drug-likeness (QED) is 0.892. The second-order valence-corrected chi connectivity index (χ2v) is 4.75. The van der Waals surface area contributed by atoms with Gasteiger partial charge in [0, 0.05) is 17.8 Å². The summed E-state index contributed by atoms with van der Waals surface area (Å²) in [4.78, 5) is 25.9. The summed E-state index contributed by atoms with van der Waals surface area (Å²) in [5.41, 5.74) is 1.36. The van der Waals surface area contributed by atoms with Crippen molar-refractivity contribution in [3.05, 3.63) is 28.8 Å². The van der Waals surface area contributed by atoms with E-state index in [0.29, 0.717) is 10.7 Å². The topological polar surface area (TPSA) is 60.9 Å². The van der Waals surface area contributed by atoms with Gasteiger partial charge in [-0.25, -0.2) is 9.59 Å². The Morgan fingerprint density at radius 3 is 2.72 bits per heavy atom. The van der Waals surface area contributed by atoms with Crippen LogP contribution in [0.15, 0.2) is 18.2 Å². The number of carbonyl (C=O) groups excluding carboxylic acids is 1. The van der Waals surface area contributed by atoms with Crippen LogP contribution in [0.2, 0.25) is 5.02 Å². The van der Waals surface area contributed by atoms with Crippen molar-refractivity contribution in [2.75, 3.05) is 18.5 Å². The van der Waals surface area contributed by atoms with E-state index in [1.165, 1.54) is 9.80 Å². The summed E-state index contributed by atoms with van der Waals surface area (Å²) in [5.74, 6) is -1.01. The molecule has 96 valence electrons. The van der Waals surface area contributed by atoms with E-state index in [4.69, 9.17) is 11.6 Å². The molecular weight excluding hydrogens is 256 g/mol. The molecule has 0 radical (unpaired) electrons. The molecule has 2 rings (SSSR count). The molecular formula is C12H13ClN2O3. The van der Waals surface area contributed by atoms with Crippen molar-refractivity contribution < 1.29 is 14.7 Å². The standard InChI is InChI=1S/C12H13ClN2O3/c1-7-5-8(13)3-4-9(7)15-10(11(16)17)6-14(2)12(15)18/h3-5,10H,6H2,1-2H3,(H,16,17). The summed E-state index contributed by atoms with van der Waals surface area (Å²) in [6.07, 6.45) is 0. The van der Waals surface area contributed by atoms with E-state index in [2.05, 4.69) is 0 Å². The third-order valence-corrected chi connectivity index (χ3v) is 3.23. The third kappa shape index (κ3) is 2.01. The molecule has 1 aromatic rings. The van der Waals surface area contributed by atoms with Gasteiger partial charge in [0.15, 0.2) is 6.04 Å². The third-order valence-electron chi connectivity index (χ3n) is 2.99. The van der Waals surface area contributed by atoms with Crippen molar-refractivity contribution in [3.8, 4) is 0 Å². The molecule has 1 aliphatic heterocycles. The molecule has 0 bridgehead atoms. The molecule has 1 saturated heterocycles. The number of anilines is 1. The number of hydrogen-bond acceptors (Lipinski definition) is 2. The second-order valence-electron chi connectivity index (χ2n) is 4.32. The molecule has 0 saturated carbocycles. The van der Waals surface area contributed by atoms with Crippen LogP contribution in [0, 0.1) is 6.92 Å². The van der Waals surface area contributed by atoms with Gasteiger partial charge >= 0.3 is 12.0 Å². The summed E-state index contributed by atoms with van der Waals surface area (Å²) in [6.45, 7) is 1.97. The number of carboxylic acid groups (broad SMARTS) is 1. The Labute approximate surface area is 110 Å². The van der Waals surface area contributed by atoms with Gasteiger partial charge in [0.1, 0.15) is 0 Å². The summed E-state index contributed by atoms with van der Waals surface area (Å²) in [6, 6.07) is 3.86. The lowest BCUT2D eigenvalue weighted by Crippen LogP contribution is -2.40. The monoisotopic (exact) mass is 268 g/mol. The van der Waals surface area contributed by atoms with Crippen LogP contribution in [0.5, 0.6) is 0 Å². The number of aliphatic carboxylic acids is 1. The van der Waals surface area contributed by atoms with Gasteiger partial charge in [0.05, 0.1) is 6.54 Å². The minimum atomic E-state index is -1.01. The van der Waals surface area contributed by atoms with E-state index in [-0.39, 0.29) is 12.6 Å². The molecule has 1 unspecified atom stereocenters. The Balaban J connectivity index is 2.46. The average molecular weight is 269 g/mol. The maximum atomic E-state index is 12.0. The fourth-order valence-electron chi connectivity index (χ4n) is 2.09. The molecule has 1 aromatic carbocycles. The van der Waals surface area contributed by atoms with Gasteiger partial charge in [-0.1, -0.05) is 11.6 Å². The molecule has 6 heteroatoms. The van der Waals surface area contributed by atoms with Crippen LogP contribution in [-0.4, -0.2) is 41.6 Å². The first-order chi connectivity index (χ1) is 8.41. The number of hydrogen-bond donors (Lipinski definition) is 1. The largest absolute Gasteiger partial charge is 0.480 e. The zero-order chi connectivity index (χ0) is 13.4. The molecule has 2 amide bonds. The fraction of sp³-hybridized carbons (Fsp3) is 0.333. The first kappa shape index (κ1) is 12.7. The fourth-order valence-corrected chi connectivity index (χ4v) is 2.31. The zero-order valence-electron chi connectivity index (χ0n) is 10.1. The maximum absolute atomic E-state index is 12.0. The Morgan fingerprint density at radius 1 is 1.50 bits per heavy atom. The van der Waals surface area contributed by atoms with Crippen molar-refractivity contribution in [2.24, 2.45) is 0 Å². The van der Waals surface area contributed by atoms with Crippen LogP contribution in [0.1, 0.15) is 5.56 Å². The highest BCUT2D eigenvalue weighted by molar-refractivity contribution is 6.30. The van der Waals surface area contributed by atoms with E-state index < -0.39 is 12.0 Å². The van der Waals surface area contributed by atoms with Crippen LogP contribution in [-0.2, 0) is 4.79 Å². The molecule has 1 atom stereocenters. The van der Waals surface area contributed by atoms with E-state index >= 15 is 0 Å². The predicted molar refractivity (Wildman–Crippen MR) is 68.1 cm³/mol. The van der Waals surface area contributed by atoms with Crippen LogP contribution < -0.4 is 4.90 Å². The number of urea groups is 1. The molecule has 1 heterocycles. The number of benzene rings is 1. The summed E-state index contributed by atoms with van der Waals surface area (Å²) < 4.78 is 0. The zero-order valence-corrected chi connectivity index (χ0v) is 10.8. The number of halogens is 1. The van der Waals surface area contributed by atoms with Crippen LogP contribution in [0.4, 0.5) is 10.5 Å². The normalized spacial score (nSPS) is 19.5. The van der Waals surface area contributed by atoms with Crippen LogP contribution in [0.3, 0.4) is 0 Å². The lowest BCUT2D eigenvalue weighted by molar-refractivity contribution is -0.138. The van der Waals surface area contributed by atoms with Crippen molar-refractivity contribution in [1.29, 1.82) is 0 Å². The Hall–Kier alpha value is -1.75. The van der Waals surface area contributed by atoms with Crippen LogP contribution in [0.25, 0.3) is 0 Å². The van der Waals surface area contributed by atoms with Gasteiger partial charge in [0.25, 0.3) is 0 Å². The molecule has 1 N–H and O–H groups in total. The summed E-state index contributed by atoms with van der Waals surface area (Å²) in [5, 5.41) is 9.74. The van der Waals surface area contributed by atoms with Gasteiger partial charge in [0.2, 0.25) is 0 Å². The van der Waals surface area contributed by atoms with Crippen molar-refractivity contribution >= 4 is 29.3 Å². The molecule has 0 spiro atoms. The SMILES string of the molecule is Cc1cc(Cl)ccc1N1C(=O)N(C)CC1C(=O)O. The minimum Gasteiger partial charge on any atom is -0.480 e. The minimum absolute atomic E-state index is 0.177. The first-order valence-corrected chi connectivity index (χ1v) is 5.83.